The second-order valence-corrected chi connectivity index (χ2v) is 11.1. The van der Waals surface area contributed by atoms with E-state index in [1.807, 2.05) is 6.08 Å². The summed E-state index contributed by atoms with van der Waals surface area (Å²) in [6, 6.07) is 9.14. The highest BCUT2D eigenvalue weighted by atomic mass is 16.3. The average Bonchev–Trinajstić information content (AvgIpc) is 3.56. The topological polar surface area (TPSA) is 49.3 Å². The van der Waals surface area contributed by atoms with Crippen molar-refractivity contribution in [2.45, 2.75) is 76.7 Å². The fraction of sp³-hybridized carbons (Fsp3) is 0.607. The van der Waals surface area contributed by atoms with Gasteiger partial charge in [0.25, 0.3) is 0 Å². The third-order valence-electron chi connectivity index (χ3n) is 9.29. The molecule has 5 unspecified atom stereocenters. The van der Waals surface area contributed by atoms with Crippen LogP contribution in [0.3, 0.4) is 0 Å². The number of nitrogens with one attached hydrogen (secondary N) is 1. The SMILES string of the molecule is CC12CC(c3ccc(NCC4CC4)cc3)C3=C4CCC(=O)C=C4CCC3C1CCC2O. The summed E-state index contributed by atoms with van der Waals surface area (Å²) in [5, 5.41) is 14.6. The first-order valence-corrected chi connectivity index (χ1v) is 12.5. The van der Waals surface area contributed by atoms with Crippen molar-refractivity contribution in [2.75, 3.05) is 11.9 Å². The standard InChI is InChI=1S/C28H35NO2/c1-28-15-24(18-4-7-20(8-5-18)29-16-17-2-3-17)27-22-11-9-21(30)14-19(22)6-10-23(27)25(28)12-13-26(28)31/h4-5,7-8,14,17,23-26,29,31H,2-3,6,9-13,15-16H2,1H3. The van der Waals surface area contributed by atoms with Crippen LogP contribution in [0.5, 0.6) is 0 Å². The summed E-state index contributed by atoms with van der Waals surface area (Å²) < 4.78 is 0. The molecular formula is C28H35NO2. The van der Waals surface area contributed by atoms with Gasteiger partial charge in [-0.15, -0.1) is 0 Å². The normalized spacial score (nSPS) is 37.1. The van der Waals surface area contributed by atoms with E-state index in [0.717, 1.165) is 51.0 Å². The number of aliphatic hydroxyl groups excluding tert-OH is 1. The zero-order valence-electron chi connectivity index (χ0n) is 18.7. The lowest BCUT2D eigenvalue weighted by atomic mass is 9.53. The molecule has 5 aliphatic carbocycles. The fourth-order valence-electron chi connectivity index (χ4n) is 7.35. The fourth-order valence-corrected chi connectivity index (χ4v) is 7.35. The molecular weight excluding hydrogens is 382 g/mol. The Kier molecular flexibility index (Phi) is 4.68. The molecule has 0 amide bonds. The molecule has 3 saturated carbocycles. The molecule has 31 heavy (non-hydrogen) atoms. The van der Waals surface area contributed by atoms with E-state index in [9.17, 15) is 9.90 Å². The lowest BCUT2D eigenvalue weighted by Crippen LogP contribution is -2.45. The van der Waals surface area contributed by atoms with Gasteiger partial charge in [0.1, 0.15) is 0 Å². The Hall–Kier alpha value is -1.87. The molecule has 3 heteroatoms. The molecule has 0 radical (unpaired) electrons. The number of benzene rings is 1. The molecule has 0 heterocycles. The lowest BCUT2D eigenvalue weighted by Gasteiger charge is -2.52. The van der Waals surface area contributed by atoms with Crippen LogP contribution in [0, 0.1) is 23.2 Å². The van der Waals surface area contributed by atoms with Crippen molar-refractivity contribution in [3.8, 4) is 0 Å². The molecule has 164 valence electrons. The van der Waals surface area contributed by atoms with Crippen LogP contribution in [0.15, 0.2) is 47.1 Å². The van der Waals surface area contributed by atoms with Crippen molar-refractivity contribution in [1.82, 2.24) is 0 Å². The summed E-state index contributed by atoms with van der Waals surface area (Å²) in [6.07, 6.45) is 11.4. The van der Waals surface area contributed by atoms with Crippen LogP contribution in [0.1, 0.15) is 76.2 Å². The van der Waals surface area contributed by atoms with E-state index in [4.69, 9.17) is 0 Å². The first kappa shape index (κ1) is 19.8. The van der Waals surface area contributed by atoms with E-state index in [1.54, 1.807) is 5.57 Å². The second kappa shape index (κ2) is 7.33. The minimum atomic E-state index is -0.184. The summed E-state index contributed by atoms with van der Waals surface area (Å²) in [4.78, 5) is 12.1. The highest BCUT2D eigenvalue weighted by Crippen LogP contribution is 2.63. The molecule has 0 aromatic heterocycles. The molecule has 5 atom stereocenters. The number of aliphatic hydroxyl groups is 1. The van der Waals surface area contributed by atoms with E-state index in [1.165, 1.54) is 35.2 Å². The van der Waals surface area contributed by atoms with Gasteiger partial charge in [0.2, 0.25) is 0 Å². The average molecular weight is 418 g/mol. The van der Waals surface area contributed by atoms with Crippen LogP contribution in [-0.2, 0) is 4.79 Å². The smallest absolute Gasteiger partial charge is 0.156 e. The van der Waals surface area contributed by atoms with Crippen molar-refractivity contribution in [2.24, 2.45) is 23.2 Å². The van der Waals surface area contributed by atoms with Crippen molar-refractivity contribution in [3.63, 3.8) is 0 Å². The third kappa shape index (κ3) is 3.31. The van der Waals surface area contributed by atoms with Gasteiger partial charge in [-0.25, -0.2) is 0 Å². The Labute approximate surface area is 186 Å². The molecule has 0 spiro atoms. The van der Waals surface area contributed by atoms with Crippen LogP contribution in [-0.4, -0.2) is 23.5 Å². The Morgan fingerprint density at radius 1 is 1.03 bits per heavy atom. The van der Waals surface area contributed by atoms with Crippen LogP contribution in [0.2, 0.25) is 0 Å². The van der Waals surface area contributed by atoms with Crippen LogP contribution in [0.4, 0.5) is 5.69 Å². The van der Waals surface area contributed by atoms with Gasteiger partial charge in [-0.1, -0.05) is 24.6 Å². The molecule has 6 rings (SSSR count). The van der Waals surface area contributed by atoms with Crippen molar-refractivity contribution in [1.29, 1.82) is 0 Å². The van der Waals surface area contributed by atoms with Crippen LogP contribution in [0.25, 0.3) is 0 Å². The van der Waals surface area contributed by atoms with Crippen molar-refractivity contribution < 1.29 is 9.90 Å². The van der Waals surface area contributed by atoms with Gasteiger partial charge >= 0.3 is 0 Å². The van der Waals surface area contributed by atoms with Gasteiger partial charge in [-0.05, 0) is 109 Å². The van der Waals surface area contributed by atoms with E-state index in [-0.39, 0.29) is 11.5 Å². The molecule has 5 aliphatic rings. The zero-order valence-corrected chi connectivity index (χ0v) is 18.7. The maximum Gasteiger partial charge on any atom is 0.156 e. The summed E-state index contributed by atoms with van der Waals surface area (Å²) in [7, 11) is 0. The molecule has 1 aromatic carbocycles. The summed E-state index contributed by atoms with van der Waals surface area (Å²) >= 11 is 0. The number of carbonyl (C=O) groups is 1. The van der Waals surface area contributed by atoms with Gasteiger partial charge < -0.3 is 10.4 Å². The third-order valence-corrected chi connectivity index (χ3v) is 9.29. The maximum atomic E-state index is 12.1. The van der Waals surface area contributed by atoms with Gasteiger partial charge in [0, 0.05) is 24.6 Å². The van der Waals surface area contributed by atoms with Crippen LogP contribution >= 0.6 is 0 Å². The number of rotatable bonds is 4. The number of hydrogen-bond donors (Lipinski definition) is 2. The first-order valence-electron chi connectivity index (χ1n) is 12.5. The van der Waals surface area contributed by atoms with Gasteiger partial charge in [0.15, 0.2) is 5.78 Å². The molecule has 0 aliphatic heterocycles. The quantitative estimate of drug-likeness (QED) is 0.654. The van der Waals surface area contributed by atoms with Gasteiger partial charge in [-0.2, -0.15) is 0 Å². The summed E-state index contributed by atoms with van der Waals surface area (Å²) in [5.41, 5.74) is 7.06. The monoisotopic (exact) mass is 417 g/mol. The molecule has 0 saturated heterocycles. The minimum Gasteiger partial charge on any atom is -0.393 e. The van der Waals surface area contributed by atoms with Gasteiger partial charge in [-0.3, -0.25) is 4.79 Å². The number of fused-ring (bicyclic) bond motifs is 4. The second-order valence-electron chi connectivity index (χ2n) is 11.1. The molecule has 3 nitrogen and oxygen atoms in total. The highest BCUT2D eigenvalue weighted by Gasteiger charge is 2.56. The predicted octanol–water partition coefficient (Wildman–Crippen LogP) is 5.77. The number of anilines is 1. The first-order chi connectivity index (χ1) is 15.0. The van der Waals surface area contributed by atoms with Crippen molar-refractivity contribution in [3.05, 3.63) is 52.6 Å². The number of allylic oxidation sites excluding steroid dienone is 4. The minimum absolute atomic E-state index is 0.00793. The van der Waals surface area contributed by atoms with E-state index >= 15 is 0 Å². The molecule has 0 bridgehead atoms. The largest absolute Gasteiger partial charge is 0.393 e. The van der Waals surface area contributed by atoms with Gasteiger partial charge in [0.05, 0.1) is 6.10 Å². The lowest BCUT2D eigenvalue weighted by molar-refractivity contribution is -0.114. The zero-order chi connectivity index (χ0) is 21.2. The van der Waals surface area contributed by atoms with E-state index in [0.29, 0.717) is 30.0 Å². The molecule has 2 N–H and O–H groups in total. The van der Waals surface area contributed by atoms with Crippen molar-refractivity contribution >= 4 is 11.5 Å². The van der Waals surface area contributed by atoms with Crippen LogP contribution < -0.4 is 5.32 Å². The maximum absolute atomic E-state index is 12.1. The highest BCUT2D eigenvalue weighted by molar-refractivity contribution is 5.93. The number of carbonyl (C=O) groups excluding carboxylic acids is 1. The summed E-state index contributed by atoms with van der Waals surface area (Å²) in [5.74, 6) is 2.68. The Morgan fingerprint density at radius 2 is 1.84 bits per heavy atom. The Balaban J connectivity index is 1.39. The Bertz CT molecular complexity index is 954. The predicted molar refractivity (Wildman–Crippen MR) is 124 cm³/mol. The molecule has 3 fully saturated rings. The summed E-state index contributed by atoms with van der Waals surface area (Å²) in [6.45, 7) is 3.44. The Morgan fingerprint density at radius 3 is 2.61 bits per heavy atom. The number of ketones is 1. The molecule has 1 aromatic rings. The number of hydrogen-bond acceptors (Lipinski definition) is 3. The van der Waals surface area contributed by atoms with E-state index in [2.05, 4.69) is 36.5 Å². The van der Waals surface area contributed by atoms with E-state index < -0.39 is 0 Å².